The molecule has 0 aliphatic carbocycles. The van der Waals surface area contributed by atoms with Gasteiger partial charge in [0.05, 0.1) is 0 Å². The summed E-state index contributed by atoms with van der Waals surface area (Å²) < 4.78 is 0. The lowest BCUT2D eigenvalue weighted by Gasteiger charge is -2.37. The Morgan fingerprint density at radius 3 is 2.56 bits per heavy atom. The summed E-state index contributed by atoms with van der Waals surface area (Å²) in [6.07, 6.45) is 0.836. The zero-order valence-electron chi connectivity index (χ0n) is 10.9. The summed E-state index contributed by atoms with van der Waals surface area (Å²) in [4.78, 5) is 25.7. The minimum absolute atomic E-state index is 0.0528. The fourth-order valence-electron chi connectivity index (χ4n) is 2.28. The third-order valence-electron chi connectivity index (χ3n) is 3.37. The number of benzene rings is 1. The standard InChI is InChI=1S/C14H18N2O2/c1-4-11-7-5-6-8-12(11)16-10(3)13(17)15-9(2)14(16)18/h5-10H,4H2,1-3H3,(H,15,17). The lowest BCUT2D eigenvalue weighted by atomic mass is 10.0. The van der Waals surface area contributed by atoms with Crippen molar-refractivity contribution in [2.24, 2.45) is 0 Å². The largest absolute Gasteiger partial charge is 0.343 e. The number of amides is 2. The number of aryl methyl sites for hydroxylation is 1. The SMILES string of the molecule is CCc1ccccc1N1C(=O)C(C)NC(=O)C1C. The van der Waals surface area contributed by atoms with E-state index in [1.54, 1.807) is 18.7 Å². The Hall–Kier alpha value is -1.84. The molecule has 0 saturated carbocycles. The van der Waals surface area contributed by atoms with Gasteiger partial charge >= 0.3 is 0 Å². The van der Waals surface area contributed by atoms with E-state index in [-0.39, 0.29) is 11.8 Å². The van der Waals surface area contributed by atoms with Gasteiger partial charge in [0.2, 0.25) is 11.8 Å². The first-order chi connectivity index (χ1) is 8.56. The predicted octanol–water partition coefficient (Wildman–Crippen LogP) is 1.49. The van der Waals surface area contributed by atoms with Crippen molar-refractivity contribution in [1.29, 1.82) is 0 Å². The summed E-state index contributed by atoms with van der Waals surface area (Å²) in [6, 6.07) is 6.82. The molecule has 0 bridgehead atoms. The van der Waals surface area contributed by atoms with Gasteiger partial charge in [-0.15, -0.1) is 0 Å². The molecule has 1 heterocycles. The number of hydrogen-bond acceptors (Lipinski definition) is 2. The molecule has 0 spiro atoms. The van der Waals surface area contributed by atoms with E-state index in [4.69, 9.17) is 0 Å². The summed E-state index contributed by atoms with van der Waals surface area (Å²) in [5.41, 5.74) is 1.93. The molecule has 2 atom stereocenters. The molecule has 4 nitrogen and oxygen atoms in total. The fourth-order valence-corrected chi connectivity index (χ4v) is 2.28. The molecule has 4 heteroatoms. The first kappa shape index (κ1) is 12.6. The van der Waals surface area contributed by atoms with Crippen molar-refractivity contribution in [2.75, 3.05) is 4.90 Å². The van der Waals surface area contributed by atoms with Gasteiger partial charge in [0.25, 0.3) is 0 Å². The van der Waals surface area contributed by atoms with Gasteiger partial charge in [0.1, 0.15) is 12.1 Å². The molecule has 96 valence electrons. The molecule has 2 rings (SSSR count). The highest BCUT2D eigenvalue weighted by atomic mass is 16.2. The van der Waals surface area contributed by atoms with Gasteiger partial charge in [-0.05, 0) is 31.9 Å². The van der Waals surface area contributed by atoms with E-state index in [1.165, 1.54) is 0 Å². The summed E-state index contributed by atoms with van der Waals surface area (Å²) in [5.74, 6) is -0.156. The Morgan fingerprint density at radius 2 is 1.89 bits per heavy atom. The highest BCUT2D eigenvalue weighted by Gasteiger charge is 2.37. The van der Waals surface area contributed by atoms with E-state index in [9.17, 15) is 9.59 Å². The van der Waals surface area contributed by atoms with Crippen LogP contribution < -0.4 is 10.2 Å². The molecule has 2 unspecified atom stereocenters. The second-order valence-electron chi connectivity index (χ2n) is 4.60. The lowest BCUT2D eigenvalue weighted by Crippen LogP contribution is -2.61. The van der Waals surface area contributed by atoms with Gasteiger partial charge < -0.3 is 5.32 Å². The van der Waals surface area contributed by atoms with Crippen molar-refractivity contribution in [3.63, 3.8) is 0 Å². The number of rotatable bonds is 2. The number of hydrogen-bond donors (Lipinski definition) is 1. The number of anilines is 1. The number of nitrogens with one attached hydrogen (secondary N) is 1. The maximum absolute atomic E-state index is 12.3. The van der Waals surface area contributed by atoms with E-state index in [1.807, 2.05) is 31.2 Å². The minimum atomic E-state index is -0.460. The third-order valence-corrected chi connectivity index (χ3v) is 3.37. The van der Waals surface area contributed by atoms with Crippen molar-refractivity contribution in [3.05, 3.63) is 29.8 Å². The summed E-state index contributed by atoms with van der Waals surface area (Å²) in [5, 5.41) is 2.69. The lowest BCUT2D eigenvalue weighted by molar-refractivity contribution is -0.133. The van der Waals surface area contributed by atoms with Crippen molar-refractivity contribution in [3.8, 4) is 0 Å². The van der Waals surface area contributed by atoms with Crippen LogP contribution in [-0.4, -0.2) is 23.9 Å². The van der Waals surface area contributed by atoms with Gasteiger partial charge in [-0.25, -0.2) is 0 Å². The molecule has 1 saturated heterocycles. The second kappa shape index (κ2) is 4.80. The Labute approximate surface area is 107 Å². The first-order valence-corrected chi connectivity index (χ1v) is 6.27. The highest BCUT2D eigenvalue weighted by molar-refractivity contribution is 6.08. The van der Waals surface area contributed by atoms with Crippen LogP contribution in [-0.2, 0) is 16.0 Å². The molecule has 1 aromatic rings. The van der Waals surface area contributed by atoms with Crippen LogP contribution in [0, 0.1) is 0 Å². The number of nitrogens with zero attached hydrogens (tertiary/aromatic N) is 1. The monoisotopic (exact) mass is 246 g/mol. The molecule has 2 amide bonds. The molecular weight excluding hydrogens is 228 g/mol. The van der Waals surface area contributed by atoms with Crippen molar-refractivity contribution >= 4 is 17.5 Å². The van der Waals surface area contributed by atoms with E-state index >= 15 is 0 Å². The smallest absolute Gasteiger partial charge is 0.250 e. The summed E-state index contributed by atoms with van der Waals surface area (Å²) in [6.45, 7) is 5.51. The van der Waals surface area contributed by atoms with Crippen molar-refractivity contribution in [2.45, 2.75) is 39.3 Å². The number of para-hydroxylation sites is 1. The van der Waals surface area contributed by atoms with Gasteiger partial charge in [0, 0.05) is 5.69 Å². The number of carbonyl (C=O) groups is 2. The zero-order chi connectivity index (χ0) is 13.3. The molecule has 1 N–H and O–H groups in total. The normalized spacial score (nSPS) is 24.1. The fraction of sp³-hybridized carbons (Fsp3) is 0.429. The Kier molecular flexibility index (Phi) is 3.36. The average molecular weight is 246 g/mol. The third kappa shape index (κ3) is 1.98. The van der Waals surface area contributed by atoms with Crippen LogP contribution in [0.5, 0.6) is 0 Å². The molecule has 18 heavy (non-hydrogen) atoms. The average Bonchev–Trinajstić information content (AvgIpc) is 2.37. The van der Waals surface area contributed by atoms with Crippen LogP contribution in [0.1, 0.15) is 26.3 Å². The van der Waals surface area contributed by atoms with Crippen LogP contribution in [0.4, 0.5) is 5.69 Å². The van der Waals surface area contributed by atoms with Crippen LogP contribution >= 0.6 is 0 Å². The van der Waals surface area contributed by atoms with E-state index in [0.717, 1.165) is 17.7 Å². The molecule has 1 aromatic carbocycles. The van der Waals surface area contributed by atoms with Crippen LogP contribution in [0.25, 0.3) is 0 Å². The molecule has 0 radical (unpaired) electrons. The van der Waals surface area contributed by atoms with Crippen molar-refractivity contribution in [1.82, 2.24) is 5.32 Å². The first-order valence-electron chi connectivity index (χ1n) is 6.27. The molecule has 1 aliphatic heterocycles. The number of piperazine rings is 1. The summed E-state index contributed by atoms with van der Waals surface area (Å²) in [7, 11) is 0. The Morgan fingerprint density at radius 1 is 1.22 bits per heavy atom. The predicted molar refractivity (Wildman–Crippen MR) is 70.4 cm³/mol. The van der Waals surface area contributed by atoms with Crippen LogP contribution in [0.2, 0.25) is 0 Å². The summed E-state index contributed by atoms with van der Waals surface area (Å²) >= 11 is 0. The minimum Gasteiger partial charge on any atom is -0.343 e. The van der Waals surface area contributed by atoms with E-state index in [0.29, 0.717) is 0 Å². The van der Waals surface area contributed by atoms with Gasteiger partial charge in [-0.3, -0.25) is 14.5 Å². The van der Waals surface area contributed by atoms with Gasteiger partial charge in [-0.1, -0.05) is 25.1 Å². The second-order valence-corrected chi connectivity index (χ2v) is 4.60. The topological polar surface area (TPSA) is 49.4 Å². The van der Waals surface area contributed by atoms with E-state index in [2.05, 4.69) is 5.32 Å². The van der Waals surface area contributed by atoms with Crippen molar-refractivity contribution < 1.29 is 9.59 Å². The molecule has 1 aliphatic rings. The maximum Gasteiger partial charge on any atom is 0.250 e. The van der Waals surface area contributed by atoms with Gasteiger partial charge in [0.15, 0.2) is 0 Å². The molecular formula is C14H18N2O2. The molecule has 1 fully saturated rings. The number of carbonyl (C=O) groups excluding carboxylic acids is 2. The Bertz CT molecular complexity index is 484. The molecule has 0 aromatic heterocycles. The quantitative estimate of drug-likeness (QED) is 0.859. The van der Waals surface area contributed by atoms with Crippen LogP contribution in [0.3, 0.4) is 0 Å². The van der Waals surface area contributed by atoms with Gasteiger partial charge in [-0.2, -0.15) is 0 Å². The zero-order valence-corrected chi connectivity index (χ0v) is 10.9. The van der Waals surface area contributed by atoms with Crippen LogP contribution in [0.15, 0.2) is 24.3 Å². The Balaban J connectivity index is 2.46. The highest BCUT2D eigenvalue weighted by Crippen LogP contribution is 2.25. The van der Waals surface area contributed by atoms with E-state index < -0.39 is 12.1 Å². The maximum atomic E-state index is 12.3.